The van der Waals surface area contributed by atoms with E-state index < -0.39 is 6.10 Å². The zero-order chi connectivity index (χ0) is 17.9. The number of ether oxygens (including phenoxy) is 3. The van der Waals surface area contributed by atoms with Crippen LogP contribution in [-0.4, -0.2) is 25.2 Å². The first-order chi connectivity index (χ1) is 12.7. The maximum atomic E-state index is 12.5. The molecule has 2 aliphatic rings. The van der Waals surface area contributed by atoms with Crippen molar-refractivity contribution in [2.75, 3.05) is 18.5 Å². The number of hydrogen-bond donors (Lipinski definition) is 1. The maximum Gasteiger partial charge on any atom is 0.265 e. The fourth-order valence-corrected chi connectivity index (χ4v) is 3.47. The standard InChI is InChI=1S/C21H23NO4/c1-14(26-18-8-4-6-15-5-2-3-7-17(15)18)21(23)22-16-9-10-19-20(13-16)25-12-11-24-19/h4,6,8-10,13-14H,2-3,5,7,11-12H2,1H3,(H,22,23)/t14-/m1/s1. The molecule has 0 unspecified atom stereocenters. The molecule has 26 heavy (non-hydrogen) atoms. The molecule has 1 heterocycles. The lowest BCUT2D eigenvalue weighted by Crippen LogP contribution is -2.30. The first-order valence-electron chi connectivity index (χ1n) is 9.18. The lowest BCUT2D eigenvalue weighted by Gasteiger charge is -2.22. The van der Waals surface area contributed by atoms with Gasteiger partial charge in [-0.3, -0.25) is 4.79 Å². The highest BCUT2D eigenvalue weighted by atomic mass is 16.6. The zero-order valence-electron chi connectivity index (χ0n) is 14.9. The van der Waals surface area contributed by atoms with Gasteiger partial charge in [0, 0.05) is 11.8 Å². The van der Waals surface area contributed by atoms with Crippen molar-refractivity contribution in [1.29, 1.82) is 0 Å². The number of anilines is 1. The smallest absolute Gasteiger partial charge is 0.265 e. The molecule has 5 nitrogen and oxygen atoms in total. The zero-order valence-corrected chi connectivity index (χ0v) is 14.9. The number of fused-ring (bicyclic) bond motifs is 2. The molecule has 2 aromatic rings. The fraction of sp³-hybridized carbons (Fsp3) is 0.381. The van der Waals surface area contributed by atoms with Crippen molar-refractivity contribution in [3.8, 4) is 17.2 Å². The monoisotopic (exact) mass is 353 g/mol. The molecule has 0 aromatic heterocycles. The number of nitrogens with one attached hydrogen (secondary N) is 1. The van der Waals surface area contributed by atoms with Gasteiger partial charge in [-0.15, -0.1) is 0 Å². The molecule has 4 rings (SSSR count). The molecular formula is C21H23NO4. The van der Waals surface area contributed by atoms with Crippen molar-refractivity contribution >= 4 is 11.6 Å². The van der Waals surface area contributed by atoms with E-state index in [0.717, 1.165) is 18.6 Å². The summed E-state index contributed by atoms with van der Waals surface area (Å²) in [6, 6.07) is 11.5. The third-order valence-corrected chi connectivity index (χ3v) is 4.84. The predicted octanol–water partition coefficient (Wildman–Crippen LogP) is 3.74. The van der Waals surface area contributed by atoms with Gasteiger partial charge in [-0.05, 0) is 61.9 Å². The molecule has 0 saturated carbocycles. The molecule has 2 aromatic carbocycles. The SMILES string of the molecule is C[C@@H](Oc1cccc2c1CCCC2)C(=O)Nc1ccc2c(c1)OCCO2. The van der Waals surface area contributed by atoms with Crippen LogP contribution in [0.25, 0.3) is 0 Å². The normalized spacial score (nSPS) is 16.3. The van der Waals surface area contributed by atoms with Gasteiger partial charge >= 0.3 is 0 Å². The van der Waals surface area contributed by atoms with Gasteiger partial charge in [0.25, 0.3) is 5.91 Å². The van der Waals surface area contributed by atoms with E-state index in [2.05, 4.69) is 11.4 Å². The summed E-state index contributed by atoms with van der Waals surface area (Å²) in [4.78, 5) is 12.5. The Morgan fingerprint density at radius 2 is 1.88 bits per heavy atom. The number of rotatable bonds is 4. The van der Waals surface area contributed by atoms with E-state index in [1.807, 2.05) is 24.3 Å². The lowest BCUT2D eigenvalue weighted by molar-refractivity contribution is -0.122. The van der Waals surface area contributed by atoms with Crippen LogP contribution in [0.4, 0.5) is 5.69 Å². The summed E-state index contributed by atoms with van der Waals surface area (Å²) in [6.45, 7) is 2.84. The predicted molar refractivity (Wildman–Crippen MR) is 99.2 cm³/mol. The molecule has 1 aliphatic carbocycles. The summed E-state index contributed by atoms with van der Waals surface area (Å²) in [5.74, 6) is 2.00. The molecule has 1 atom stereocenters. The Labute approximate surface area is 153 Å². The topological polar surface area (TPSA) is 56.8 Å². The van der Waals surface area contributed by atoms with Gasteiger partial charge in [-0.2, -0.15) is 0 Å². The molecule has 5 heteroatoms. The van der Waals surface area contributed by atoms with Crippen molar-refractivity contribution < 1.29 is 19.0 Å². The number of aryl methyl sites for hydroxylation is 1. The summed E-state index contributed by atoms with van der Waals surface area (Å²) in [5, 5.41) is 2.89. The molecule has 136 valence electrons. The second kappa shape index (κ2) is 7.28. The fourth-order valence-electron chi connectivity index (χ4n) is 3.47. The van der Waals surface area contributed by atoms with Crippen LogP contribution in [0.15, 0.2) is 36.4 Å². The van der Waals surface area contributed by atoms with E-state index in [4.69, 9.17) is 14.2 Å². The van der Waals surface area contributed by atoms with Gasteiger partial charge in [0.1, 0.15) is 19.0 Å². The van der Waals surface area contributed by atoms with Crippen molar-refractivity contribution in [3.63, 3.8) is 0 Å². The summed E-state index contributed by atoms with van der Waals surface area (Å²) in [7, 11) is 0. The summed E-state index contributed by atoms with van der Waals surface area (Å²) in [5.41, 5.74) is 3.26. The van der Waals surface area contributed by atoms with E-state index in [1.54, 1.807) is 13.0 Å². The van der Waals surface area contributed by atoms with Crippen LogP contribution in [0.5, 0.6) is 17.2 Å². The molecule has 1 amide bonds. The first kappa shape index (κ1) is 16.8. The number of amides is 1. The molecule has 1 N–H and O–H groups in total. The van der Waals surface area contributed by atoms with Gasteiger partial charge in [-0.25, -0.2) is 0 Å². The highest BCUT2D eigenvalue weighted by Gasteiger charge is 2.20. The Hall–Kier alpha value is -2.69. The minimum Gasteiger partial charge on any atom is -0.486 e. The summed E-state index contributed by atoms with van der Waals surface area (Å²) >= 11 is 0. The summed E-state index contributed by atoms with van der Waals surface area (Å²) < 4.78 is 17.0. The molecule has 1 aliphatic heterocycles. The lowest BCUT2D eigenvalue weighted by atomic mass is 9.91. The number of carbonyl (C=O) groups excluding carboxylic acids is 1. The second-order valence-corrected chi connectivity index (χ2v) is 6.71. The summed E-state index contributed by atoms with van der Waals surface area (Å²) in [6.07, 6.45) is 3.91. The van der Waals surface area contributed by atoms with Crippen LogP contribution in [0, 0.1) is 0 Å². The molecule has 0 bridgehead atoms. The van der Waals surface area contributed by atoms with Crippen molar-refractivity contribution in [3.05, 3.63) is 47.5 Å². The average Bonchev–Trinajstić information content (AvgIpc) is 2.68. The quantitative estimate of drug-likeness (QED) is 0.910. The van der Waals surface area contributed by atoms with Crippen LogP contribution in [0.3, 0.4) is 0 Å². The Kier molecular flexibility index (Phi) is 4.69. The van der Waals surface area contributed by atoms with Gasteiger partial charge in [0.05, 0.1) is 0 Å². The van der Waals surface area contributed by atoms with Crippen molar-refractivity contribution in [1.82, 2.24) is 0 Å². The Bertz CT molecular complexity index is 818. The van der Waals surface area contributed by atoms with E-state index in [1.165, 1.54) is 24.0 Å². The number of benzene rings is 2. The molecule has 0 fully saturated rings. The van der Waals surface area contributed by atoms with Crippen LogP contribution in [-0.2, 0) is 17.6 Å². The Balaban J connectivity index is 1.44. The highest BCUT2D eigenvalue weighted by molar-refractivity contribution is 5.94. The highest BCUT2D eigenvalue weighted by Crippen LogP contribution is 2.33. The molecular weight excluding hydrogens is 330 g/mol. The van der Waals surface area contributed by atoms with Crippen molar-refractivity contribution in [2.24, 2.45) is 0 Å². The second-order valence-electron chi connectivity index (χ2n) is 6.71. The number of hydrogen-bond acceptors (Lipinski definition) is 4. The van der Waals surface area contributed by atoms with Gasteiger partial charge in [-0.1, -0.05) is 12.1 Å². The van der Waals surface area contributed by atoms with Crippen LogP contribution in [0.2, 0.25) is 0 Å². The number of carbonyl (C=O) groups is 1. The van der Waals surface area contributed by atoms with E-state index in [9.17, 15) is 4.79 Å². The largest absolute Gasteiger partial charge is 0.486 e. The maximum absolute atomic E-state index is 12.5. The minimum absolute atomic E-state index is 0.185. The minimum atomic E-state index is -0.586. The molecule has 0 radical (unpaired) electrons. The average molecular weight is 353 g/mol. The van der Waals surface area contributed by atoms with Gasteiger partial charge in [0.2, 0.25) is 0 Å². The first-order valence-corrected chi connectivity index (χ1v) is 9.18. The van der Waals surface area contributed by atoms with Crippen LogP contribution >= 0.6 is 0 Å². The molecule has 0 saturated heterocycles. The van der Waals surface area contributed by atoms with Crippen LogP contribution < -0.4 is 19.5 Å². The van der Waals surface area contributed by atoms with E-state index >= 15 is 0 Å². The van der Waals surface area contributed by atoms with Crippen LogP contribution in [0.1, 0.15) is 30.9 Å². The Morgan fingerprint density at radius 3 is 2.77 bits per heavy atom. The van der Waals surface area contributed by atoms with E-state index in [-0.39, 0.29) is 5.91 Å². The van der Waals surface area contributed by atoms with Gasteiger partial charge in [0.15, 0.2) is 17.6 Å². The van der Waals surface area contributed by atoms with E-state index in [0.29, 0.717) is 30.4 Å². The third kappa shape index (κ3) is 3.47. The van der Waals surface area contributed by atoms with Crippen molar-refractivity contribution in [2.45, 2.75) is 38.7 Å². The Morgan fingerprint density at radius 1 is 1.08 bits per heavy atom. The van der Waals surface area contributed by atoms with Gasteiger partial charge < -0.3 is 19.5 Å². The third-order valence-electron chi connectivity index (χ3n) is 4.84. The molecule has 0 spiro atoms.